The van der Waals surface area contributed by atoms with Crippen LogP contribution in [0.4, 0.5) is 17.1 Å². The molecule has 6 nitrogen and oxygen atoms in total. The Morgan fingerprint density at radius 2 is 1.24 bits per heavy atom. The van der Waals surface area contributed by atoms with Crippen LogP contribution >= 0.6 is 0 Å². The molecule has 6 heteroatoms. The van der Waals surface area contributed by atoms with Crippen LogP contribution < -0.4 is 20.7 Å². The summed E-state index contributed by atoms with van der Waals surface area (Å²) in [6, 6.07) is 32.9. The molecule has 0 saturated heterocycles. The Bertz CT molecular complexity index is 1210. The van der Waals surface area contributed by atoms with Crippen LogP contribution in [0.5, 0.6) is 11.5 Å². The van der Waals surface area contributed by atoms with Crippen molar-refractivity contribution in [3.63, 3.8) is 0 Å². The van der Waals surface area contributed by atoms with Gasteiger partial charge in [0.25, 0.3) is 5.91 Å². The summed E-state index contributed by atoms with van der Waals surface area (Å²) >= 11 is 0. The van der Waals surface area contributed by atoms with Crippen LogP contribution in [-0.4, -0.2) is 18.4 Å². The molecule has 0 bridgehead atoms. The lowest BCUT2D eigenvalue weighted by molar-refractivity contribution is -0.114. The molecular formula is C27H23N3O3. The molecule has 0 aliphatic rings. The minimum absolute atomic E-state index is 0.0817. The van der Waals surface area contributed by atoms with Gasteiger partial charge in [-0.2, -0.15) is 0 Å². The lowest BCUT2D eigenvalue weighted by Gasteiger charge is -2.11. The zero-order valence-electron chi connectivity index (χ0n) is 17.8. The first kappa shape index (κ1) is 21.6. The summed E-state index contributed by atoms with van der Waals surface area (Å²) in [5, 5.41) is 8.78. The fourth-order valence-electron chi connectivity index (χ4n) is 3.12. The van der Waals surface area contributed by atoms with E-state index in [0.717, 1.165) is 11.4 Å². The van der Waals surface area contributed by atoms with Crippen molar-refractivity contribution in [2.24, 2.45) is 0 Å². The van der Waals surface area contributed by atoms with Crippen LogP contribution in [0.1, 0.15) is 10.4 Å². The van der Waals surface area contributed by atoms with E-state index in [2.05, 4.69) is 16.0 Å². The molecule has 4 aromatic rings. The lowest BCUT2D eigenvalue weighted by atomic mass is 10.2. The predicted octanol–water partition coefficient (Wildman–Crippen LogP) is 5.78. The van der Waals surface area contributed by atoms with Crippen LogP contribution in [0, 0.1) is 0 Å². The second-order valence-corrected chi connectivity index (χ2v) is 7.24. The van der Waals surface area contributed by atoms with Gasteiger partial charge in [0.2, 0.25) is 5.91 Å². The van der Waals surface area contributed by atoms with Gasteiger partial charge in [-0.25, -0.2) is 0 Å². The highest BCUT2D eigenvalue weighted by atomic mass is 16.5. The van der Waals surface area contributed by atoms with Crippen molar-refractivity contribution in [2.45, 2.75) is 0 Å². The normalized spacial score (nSPS) is 10.2. The summed E-state index contributed by atoms with van der Waals surface area (Å²) in [7, 11) is 0. The van der Waals surface area contributed by atoms with E-state index in [-0.39, 0.29) is 18.4 Å². The molecule has 2 amide bonds. The molecule has 4 aromatic carbocycles. The first-order chi connectivity index (χ1) is 16.2. The van der Waals surface area contributed by atoms with Crippen molar-refractivity contribution < 1.29 is 14.3 Å². The van der Waals surface area contributed by atoms with E-state index < -0.39 is 0 Å². The topological polar surface area (TPSA) is 79.5 Å². The number of hydrogen-bond donors (Lipinski definition) is 3. The van der Waals surface area contributed by atoms with Gasteiger partial charge in [0.05, 0.1) is 6.54 Å². The number of rotatable bonds is 8. The maximum absolute atomic E-state index is 12.3. The molecule has 0 radical (unpaired) electrons. The van der Waals surface area contributed by atoms with Gasteiger partial charge in [0, 0.05) is 22.6 Å². The smallest absolute Gasteiger partial charge is 0.255 e. The second kappa shape index (κ2) is 10.6. The van der Waals surface area contributed by atoms with Crippen molar-refractivity contribution in [1.82, 2.24) is 0 Å². The number of anilines is 3. The Balaban J connectivity index is 1.27. The van der Waals surface area contributed by atoms with Gasteiger partial charge in [0.15, 0.2) is 0 Å². The molecule has 0 aliphatic carbocycles. The Labute approximate surface area is 192 Å². The number of para-hydroxylation sites is 1. The molecule has 0 atom stereocenters. The van der Waals surface area contributed by atoms with Gasteiger partial charge in [-0.3, -0.25) is 9.59 Å². The minimum atomic E-state index is -0.190. The number of benzene rings is 4. The zero-order chi connectivity index (χ0) is 22.9. The number of nitrogens with one attached hydrogen (secondary N) is 3. The average Bonchev–Trinajstić information content (AvgIpc) is 2.85. The van der Waals surface area contributed by atoms with Crippen molar-refractivity contribution in [3.8, 4) is 11.5 Å². The highest BCUT2D eigenvalue weighted by molar-refractivity contribution is 6.04. The highest BCUT2D eigenvalue weighted by Crippen LogP contribution is 2.22. The molecule has 0 aliphatic heterocycles. The standard InChI is InChI=1S/C27H23N3O3/c31-26(29-21-14-16-25(17-15-21)33-24-12-5-2-6-13-24)19-28-22-10-7-11-23(18-22)30-27(32)20-8-3-1-4-9-20/h1-18,28H,19H2,(H,29,31)(H,30,32). The summed E-state index contributed by atoms with van der Waals surface area (Å²) < 4.78 is 5.76. The van der Waals surface area contributed by atoms with Gasteiger partial charge in [0.1, 0.15) is 11.5 Å². The number of carbonyl (C=O) groups is 2. The van der Waals surface area contributed by atoms with Gasteiger partial charge in [-0.05, 0) is 66.7 Å². The third-order valence-corrected chi connectivity index (χ3v) is 4.73. The first-order valence-electron chi connectivity index (χ1n) is 10.5. The molecule has 0 fully saturated rings. The Morgan fingerprint density at radius 3 is 1.97 bits per heavy atom. The number of hydrogen-bond acceptors (Lipinski definition) is 4. The summed E-state index contributed by atoms with van der Waals surface area (Å²) in [5.74, 6) is 1.06. The third-order valence-electron chi connectivity index (χ3n) is 4.73. The van der Waals surface area contributed by atoms with Crippen LogP contribution in [0.3, 0.4) is 0 Å². The summed E-state index contributed by atoms with van der Waals surface area (Å²) in [6.07, 6.45) is 0. The zero-order valence-corrected chi connectivity index (χ0v) is 17.8. The monoisotopic (exact) mass is 437 g/mol. The van der Waals surface area contributed by atoms with Crippen LogP contribution in [0.15, 0.2) is 109 Å². The van der Waals surface area contributed by atoms with E-state index in [9.17, 15) is 9.59 Å². The van der Waals surface area contributed by atoms with E-state index >= 15 is 0 Å². The van der Waals surface area contributed by atoms with Crippen molar-refractivity contribution in [2.75, 3.05) is 22.5 Å². The van der Waals surface area contributed by atoms with Crippen molar-refractivity contribution in [1.29, 1.82) is 0 Å². The molecule has 0 saturated carbocycles. The molecule has 164 valence electrons. The van der Waals surface area contributed by atoms with Gasteiger partial charge in [-0.15, -0.1) is 0 Å². The molecule has 0 spiro atoms. The predicted molar refractivity (Wildman–Crippen MR) is 131 cm³/mol. The Morgan fingerprint density at radius 1 is 0.606 bits per heavy atom. The molecular weight excluding hydrogens is 414 g/mol. The van der Waals surface area contributed by atoms with Crippen LogP contribution in [0.25, 0.3) is 0 Å². The summed E-state index contributed by atoms with van der Waals surface area (Å²) in [5.41, 5.74) is 2.62. The maximum Gasteiger partial charge on any atom is 0.255 e. The van der Waals surface area contributed by atoms with E-state index in [0.29, 0.717) is 22.7 Å². The number of amides is 2. The van der Waals surface area contributed by atoms with Crippen molar-refractivity contribution >= 4 is 28.9 Å². The second-order valence-electron chi connectivity index (χ2n) is 7.24. The first-order valence-corrected chi connectivity index (χ1v) is 10.5. The fourth-order valence-corrected chi connectivity index (χ4v) is 3.12. The maximum atomic E-state index is 12.3. The Kier molecular flexibility index (Phi) is 6.98. The number of carbonyl (C=O) groups excluding carboxylic acids is 2. The lowest BCUT2D eigenvalue weighted by Crippen LogP contribution is -2.21. The molecule has 0 heterocycles. The largest absolute Gasteiger partial charge is 0.457 e. The van der Waals surface area contributed by atoms with Crippen LogP contribution in [0.2, 0.25) is 0 Å². The third kappa shape index (κ3) is 6.45. The molecule has 3 N–H and O–H groups in total. The summed E-state index contributed by atoms with van der Waals surface area (Å²) in [4.78, 5) is 24.7. The molecule has 0 unspecified atom stereocenters. The SMILES string of the molecule is O=C(CNc1cccc(NC(=O)c2ccccc2)c1)Nc1ccc(Oc2ccccc2)cc1. The quantitative estimate of drug-likeness (QED) is 0.326. The van der Waals surface area contributed by atoms with E-state index in [1.807, 2.05) is 60.7 Å². The van der Waals surface area contributed by atoms with Gasteiger partial charge in [-0.1, -0.05) is 42.5 Å². The van der Waals surface area contributed by atoms with Crippen LogP contribution in [-0.2, 0) is 4.79 Å². The van der Waals surface area contributed by atoms with Gasteiger partial charge < -0.3 is 20.7 Å². The minimum Gasteiger partial charge on any atom is -0.457 e. The number of ether oxygens (including phenoxy) is 1. The van der Waals surface area contributed by atoms with E-state index in [4.69, 9.17) is 4.74 Å². The molecule has 4 rings (SSSR count). The molecule has 33 heavy (non-hydrogen) atoms. The van der Waals surface area contributed by atoms with Gasteiger partial charge >= 0.3 is 0 Å². The molecule has 0 aromatic heterocycles. The average molecular weight is 437 g/mol. The summed E-state index contributed by atoms with van der Waals surface area (Å²) in [6.45, 7) is 0.0817. The van der Waals surface area contributed by atoms with E-state index in [1.165, 1.54) is 0 Å². The highest BCUT2D eigenvalue weighted by Gasteiger charge is 2.07. The van der Waals surface area contributed by atoms with Crippen molar-refractivity contribution in [3.05, 3.63) is 115 Å². The fraction of sp³-hybridized carbons (Fsp3) is 0.0370. The van der Waals surface area contributed by atoms with E-state index in [1.54, 1.807) is 48.5 Å². The Hall–Kier alpha value is -4.58.